The summed E-state index contributed by atoms with van der Waals surface area (Å²) in [4.78, 5) is 0. The van der Waals surface area contributed by atoms with E-state index in [0.29, 0.717) is 0 Å². The lowest BCUT2D eigenvalue weighted by Gasteiger charge is -2.47. The molecule has 1 saturated carbocycles. The predicted octanol–water partition coefficient (Wildman–Crippen LogP) is 2.47. The molecule has 0 amide bonds. The lowest BCUT2D eigenvalue weighted by molar-refractivity contribution is 0.209. The van der Waals surface area contributed by atoms with E-state index >= 15 is 0 Å². The van der Waals surface area contributed by atoms with Crippen LogP contribution in [-0.2, 0) is 0 Å². The van der Waals surface area contributed by atoms with Gasteiger partial charge in [-0.15, -0.1) is 0 Å². The lowest BCUT2D eigenvalue weighted by Crippen LogP contribution is -2.35. The molecule has 0 unspecified atom stereocenters. The first-order valence-corrected chi connectivity index (χ1v) is 4.25. The fourth-order valence-electron chi connectivity index (χ4n) is 2.14. The second kappa shape index (κ2) is 2.36. The highest BCUT2D eigenvalue weighted by Crippen LogP contribution is 2.54. The summed E-state index contributed by atoms with van der Waals surface area (Å²) in [6.07, 6.45) is 4.35. The second-order valence-corrected chi connectivity index (χ2v) is 3.51. The van der Waals surface area contributed by atoms with Crippen molar-refractivity contribution in [2.24, 2.45) is 5.92 Å². The highest BCUT2D eigenvalue weighted by atomic mass is 14.4. The lowest BCUT2D eigenvalue weighted by atomic mass is 9.39. The first-order chi connectivity index (χ1) is 4.25. The minimum absolute atomic E-state index is 0.764. The molecule has 0 aromatic heterocycles. The van der Waals surface area contributed by atoms with E-state index in [1.807, 2.05) is 0 Å². The van der Waals surface area contributed by atoms with Gasteiger partial charge in [0, 0.05) is 0 Å². The van der Waals surface area contributed by atoms with Gasteiger partial charge < -0.3 is 0 Å². The molecule has 0 aromatic rings. The van der Waals surface area contributed by atoms with Crippen LogP contribution >= 0.6 is 0 Å². The van der Waals surface area contributed by atoms with Gasteiger partial charge in [0.1, 0.15) is 7.28 Å². The largest absolute Gasteiger partial charge is 0.125 e. The molecule has 52 valence electrons. The maximum atomic E-state index is 2.40. The Morgan fingerprint density at radius 1 is 1.67 bits per heavy atom. The summed E-state index contributed by atoms with van der Waals surface area (Å²) in [7, 11) is 1.39. The summed E-state index contributed by atoms with van der Waals surface area (Å²) < 4.78 is 0. The Morgan fingerprint density at radius 2 is 2.33 bits per heavy atom. The summed E-state index contributed by atoms with van der Waals surface area (Å²) in [6.45, 7) is 7.06. The Hall–Kier alpha value is 0.0649. The van der Waals surface area contributed by atoms with Crippen LogP contribution in [0.15, 0.2) is 0 Å². The quantitative estimate of drug-likeness (QED) is 0.496. The molecule has 0 heterocycles. The molecule has 0 nitrogen and oxygen atoms in total. The third-order valence-corrected chi connectivity index (χ3v) is 3.53. The normalized spacial score (nSPS) is 41.9. The Kier molecular flexibility index (Phi) is 1.88. The monoisotopic (exact) mass is 124 g/mol. The van der Waals surface area contributed by atoms with Gasteiger partial charge in [-0.05, 0) is 5.92 Å². The van der Waals surface area contributed by atoms with Gasteiger partial charge in [0.05, 0.1) is 0 Å². The summed E-state index contributed by atoms with van der Waals surface area (Å²) in [5.41, 5.74) is 0. The van der Waals surface area contributed by atoms with Gasteiger partial charge >= 0.3 is 0 Å². The fraction of sp³-hybridized carbons (Fsp3) is 1.00. The fourth-order valence-corrected chi connectivity index (χ4v) is 2.14. The van der Waals surface area contributed by atoms with Gasteiger partial charge in [-0.3, -0.25) is 0 Å². The standard InChI is InChI=1S/C8H17B/c1-4-8(9-3)6-5-7(8)2/h7,9H,4-6H2,1-3H3/t7-,8+/m1/s1. The Morgan fingerprint density at radius 3 is 2.33 bits per heavy atom. The minimum Gasteiger partial charge on any atom is -0.0888 e. The average Bonchev–Trinajstić information content (AvgIpc) is 1.89. The maximum absolute atomic E-state index is 2.40. The zero-order valence-corrected chi connectivity index (χ0v) is 6.91. The summed E-state index contributed by atoms with van der Waals surface area (Å²) in [6, 6.07) is 0. The molecule has 0 aromatic carbocycles. The summed E-state index contributed by atoms with van der Waals surface area (Å²) >= 11 is 0. The highest BCUT2D eigenvalue weighted by Gasteiger charge is 2.40. The molecule has 0 aliphatic heterocycles. The molecule has 0 spiro atoms. The molecule has 9 heavy (non-hydrogen) atoms. The SMILES string of the molecule is CB[C@@]1(CC)CC[C@H]1C. The van der Waals surface area contributed by atoms with Crippen LogP contribution in [0, 0.1) is 5.92 Å². The molecule has 0 radical (unpaired) electrons. The zero-order chi connectivity index (χ0) is 6.91. The molecule has 2 atom stereocenters. The molecule has 1 rings (SSSR count). The second-order valence-electron chi connectivity index (χ2n) is 3.51. The topological polar surface area (TPSA) is 0 Å². The molecule has 0 N–H and O–H groups in total. The maximum Gasteiger partial charge on any atom is 0.125 e. The molecule has 0 bridgehead atoms. The van der Waals surface area contributed by atoms with Gasteiger partial charge in [-0.25, -0.2) is 0 Å². The van der Waals surface area contributed by atoms with Crippen LogP contribution in [0.3, 0.4) is 0 Å². The van der Waals surface area contributed by atoms with Crippen molar-refractivity contribution in [2.75, 3.05) is 0 Å². The summed E-state index contributed by atoms with van der Waals surface area (Å²) in [5.74, 6) is 1.01. The third-order valence-electron chi connectivity index (χ3n) is 3.53. The van der Waals surface area contributed by atoms with Crippen LogP contribution < -0.4 is 0 Å². The van der Waals surface area contributed by atoms with Crippen molar-refractivity contribution in [3.63, 3.8) is 0 Å². The average molecular weight is 124 g/mol. The summed E-state index contributed by atoms with van der Waals surface area (Å²) in [5, 5.41) is 0.764. The van der Waals surface area contributed by atoms with Gasteiger partial charge in [-0.1, -0.05) is 45.2 Å². The zero-order valence-electron chi connectivity index (χ0n) is 6.91. The Labute approximate surface area is 59.3 Å². The number of rotatable bonds is 2. The molecule has 0 saturated heterocycles. The van der Waals surface area contributed by atoms with Gasteiger partial charge in [0.2, 0.25) is 0 Å². The van der Waals surface area contributed by atoms with Crippen LogP contribution in [-0.4, -0.2) is 7.28 Å². The Balaban J connectivity index is 2.48. The van der Waals surface area contributed by atoms with Crippen molar-refractivity contribution in [2.45, 2.75) is 45.2 Å². The van der Waals surface area contributed by atoms with E-state index in [9.17, 15) is 0 Å². The molecule has 1 aliphatic rings. The smallest absolute Gasteiger partial charge is 0.0888 e. The molecule has 1 heteroatoms. The van der Waals surface area contributed by atoms with E-state index in [1.165, 1.54) is 26.5 Å². The van der Waals surface area contributed by atoms with E-state index in [-0.39, 0.29) is 0 Å². The van der Waals surface area contributed by atoms with Crippen LogP contribution in [0.2, 0.25) is 12.1 Å². The van der Waals surface area contributed by atoms with Crippen LogP contribution in [0.1, 0.15) is 33.1 Å². The predicted molar refractivity (Wildman–Crippen MR) is 44.4 cm³/mol. The van der Waals surface area contributed by atoms with E-state index in [2.05, 4.69) is 20.7 Å². The van der Waals surface area contributed by atoms with E-state index < -0.39 is 0 Å². The Bertz CT molecular complexity index is 89.2. The van der Waals surface area contributed by atoms with Crippen molar-refractivity contribution in [3.05, 3.63) is 0 Å². The van der Waals surface area contributed by atoms with Crippen LogP contribution in [0.25, 0.3) is 0 Å². The van der Waals surface area contributed by atoms with Crippen molar-refractivity contribution in [1.82, 2.24) is 0 Å². The molecule has 1 fully saturated rings. The number of hydrogen-bond donors (Lipinski definition) is 0. The number of hydrogen-bond acceptors (Lipinski definition) is 0. The van der Waals surface area contributed by atoms with Gasteiger partial charge in [0.25, 0.3) is 0 Å². The van der Waals surface area contributed by atoms with Crippen molar-refractivity contribution >= 4 is 7.28 Å². The first kappa shape index (κ1) is 7.18. The molecular weight excluding hydrogens is 107 g/mol. The van der Waals surface area contributed by atoms with Crippen LogP contribution in [0.5, 0.6) is 0 Å². The van der Waals surface area contributed by atoms with E-state index in [4.69, 9.17) is 0 Å². The third kappa shape index (κ3) is 0.909. The molecule has 1 aliphatic carbocycles. The minimum atomic E-state index is 0.764. The van der Waals surface area contributed by atoms with Gasteiger partial charge in [-0.2, -0.15) is 0 Å². The van der Waals surface area contributed by atoms with Crippen molar-refractivity contribution < 1.29 is 0 Å². The van der Waals surface area contributed by atoms with Crippen LogP contribution in [0.4, 0.5) is 0 Å². The van der Waals surface area contributed by atoms with E-state index in [0.717, 1.165) is 11.2 Å². The highest BCUT2D eigenvalue weighted by molar-refractivity contribution is 6.38. The van der Waals surface area contributed by atoms with Crippen molar-refractivity contribution in [3.8, 4) is 0 Å². The van der Waals surface area contributed by atoms with E-state index in [1.54, 1.807) is 0 Å². The first-order valence-electron chi connectivity index (χ1n) is 4.25. The molecular formula is C8H17B. The van der Waals surface area contributed by atoms with Crippen molar-refractivity contribution in [1.29, 1.82) is 0 Å². The van der Waals surface area contributed by atoms with Gasteiger partial charge in [0.15, 0.2) is 0 Å².